The Bertz CT molecular complexity index is 629. The van der Waals surface area contributed by atoms with E-state index >= 15 is 0 Å². The Hall–Kier alpha value is -2.41. The molecule has 0 unspecified atom stereocenters. The van der Waals surface area contributed by atoms with E-state index in [9.17, 15) is 4.79 Å². The van der Waals surface area contributed by atoms with E-state index in [1.54, 1.807) is 30.9 Å². The van der Waals surface area contributed by atoms with Crippen LogP contribution in [0.1, 0.15) is 10.6 Å². The zero-order valence-corrected chi connectivity index (χ0v) is 14.4. The fourth-order valence-electron chi connectivity index (χ4n) is 1.93. The third-order valence-electron chi connectivity index (χ3n) is 3.08. The molecule has 0 spiro atoms. The third-order valence-corrected chi connectivity index (χ3v) is 4.09. The summed E-state index contributed by atoms with van der Waals surface area (Å²) in [5, 5.41) is 9.17. The molecule has 24 heavy (non-hydrogen) atoms. The molecule has 0 bridgehead atoms. The van der Waals surface area contributed by atoms with Crippen LogP contribution in [0.2, 0.25) is 0 Å². The summed E-state index contributed by atoms with van der Waals surface area (Å²) in [6, 6.07) is 13.6. The number of rotatable bonds is 8. The van der Waals surface area contributed by atoms with Crippen LogP contribution in [0.5, 0.6) is 0 Å². The summed E-state index contributed by atoms with van der Waals surface area (Å²) in [5.74, 6) is 1.76. The number of guanidine groups is 1. The number of nitrogens with zero attached hydrogens (tertiary/aromatic N) is 1. The zero-order chi connectivity index (χ0) is 17.0. The number of hydrogen-bond donors (Lipinski definition) is 3. The molecule has 128 valence electrons. The van der Waals surface area contributed by atoms with Gasteiger partial charge in [0, 0.05) is 37.3 Å². The van der Waals surface area contributed by atoms with Gasteiger partial charge in [-0.3, -0.25) is 9.79 Å². The first kappa shape index (κ1) is 17.9. The van der Waals surface area contributed by atoms with Crippen LogP contribution in [0.15, 0.2) is 63.0 Å². The van der Waals surface area contributed by atoms with E-state index in [-0.39, 0.29) is 5.91 Å². The van der Waals surface area contributed by atoms with Gasteiger partial charge >= 0.3 is 0 Å². The molecule has 1 aromatic heterocycles. The Labute approximate surface area is 146 Å². The molecule has 2 rings (SSSR count). The Balaban J connectivity index is 1.56. The van der Waals surface area contributed by atoms with Gasteiger partial charge in [0.2, 0.25) is 0 Å². The number of hydrogen-bond acceptors (Lipinski definition) is 4. The average molecular weight is 346 g/mol. The van der Waals surface area contributed by atoms with Gasteiger partial charge in [-0.25, -0.2) is 0 Å². The van der Waals surface area contributed by atoms with Gasteiger partial charge < -0.3 is 20.4 Å². The standard InChI is InChI=1S/C17H22N4O2S/c1-18-17(21-11-13-24-14-6-3-2-4-7-14)20-10-9-19-16(22)15-8-5-12-23-15/h2-8,12H,9-11,13H2,1H3,(H,19,22)(H2,18,20,21). The van der Waals surface area contributed by atoms with Gasteiger partial charge in [-0.2, -0.15) is 0 Å². The summed E-state index contributed by atoms with van der Waals surface area (Å²) in [6.07, 6.45) is 1.48. The zero-order valence-electron chi connectivity index (χ0n) is 13.6. The van der Waals surface area contributed by atoms with E-state index in [0.717, 1.165) is 18.3 Å². The van der Waals surface area contributed by atoms with Gasteiger partial charge in [0.05, 0.1) is 6.26 Å². The minimum Gasteiger partial charge on any atom is -0.459 e. The molecule has 1 aromatic carbocycles. The highest BCUT2D eigenvalue weighted by atomic mass is 32.2. The Morgan fingerprint density at radius 1 is 1.04 bits per heavy atom. The van der Waals surface area contributed by atoms with Crippen LogP contribution >= 0.6 is 11.8 Å². The number of nitrogens with one attached hydrogen (secondary N) is 3. The molecule has 0 saturated heterocycles. The topological polar surface area (TPSA) is 78.7 Å². The number of furan rings is 1. The predicted molar refractivity (Wildman–Crippen MR) is 97.6 cm³/mol. The maximum absolute atomic E-state index is 11.7. The van der Waals surface area contributed by atoms with Crippen molar-refractivity contribution in [1.29, 1.82) is 0 Å². The molecule has 1 amide bonds. The van der Waals surface area contributed by atoms with E-state index < -0.39 is 0 Å². The number of amides is 1. The van der Waals surface area contributed by atoms with Gasteiger partial charge in [-0.1, -0.05) is 18.2 Å². The van der Waals surface area contributed by atoms with Crippen LogP contribution in [0.4, 0.5) is 0 Å². The normalized spacial score (nSPS) is 11.1. The Kier molecular flexibility index (Phi) is 7.76. The molecule has 2 aromatic rings. The van der Waals surface area contributed by atoms with Gasteiger partial charge in [-0.15, -0.1) is 11.8 Å². The summed E-state index contributed by atoms with van der Waals surface area (Å²) in [4.78, 5) is 17.1. The van der Waals surface area contributed by atoms with Crippen molar-refractivity contribution in [3.63, 3.8) is 0 Å². The minimum absolute atomic E-state index is 0.219. The molecule has 0 saturated carbocycles. The number of thioether (sulfide) groups is 1. The summed E-state index contributed by atoms with van der Waals surface area (Å²) < 4.78 is 5.03. The molecule has 0 fully saturated rings. The second-order valence-corrected chi connectivity index (χ2v) is 5.99. The fraction of sp³-hybridized carbons (Fsp3) is 0.294. The highest BCUT2D eigenvalue weighted by molar-refractivity contribution is 7.99. The van der Waals surface area contributed by atoms with Crippen LogP contribution in [-0.2, 0) is 0 Å². The van der Waals surface area contributed by atoms with Crippen molar-refractivity contribution in [2.75, 3.05) is 32.4 Å². The van der Waals surface area contributed by atoms with Crippen molar-refractivity contribution < 1.29 is 9.21 Å². The van der Waals surface area contributed by atoms with Gasteiger partial charge in [-0.05, 0) is 24.3 Å². The highest BCUT2D eigenvalue weighted by Gasteiger charge is 2.06. The van der Waals surface area contributed by atoms with Crippen LogP contribution in [-0.4, -0.2) is 44.3 Å². The van der Waals surface area contributed by atoms with Crippen LogP contribution in [0, 0.1) is 0 Å². The van der Waals surface area contributed by atoms with Crippen molar-refractivity contribution in [2.24, 2.45) is 4.99 Å². The van der Waals surface area contributed by atoms with Crippen molar-refractivity contribution in [1.82, 2.24) is 16.0 Å². The molecule has 6 nitrogen and oxygen atoms in total. The molecule has 7 heteroatoms. The number of carbonyl (C=O) groups is 1. The van der Waals surface area contributed by atoms with Gasteiger partial charge in [0.25, 0.3) is 5.91 Å². The van der Waals surface area contributed by atoms with Crippen molar-refractivity contribution in [3.05, 3.63) is 54.5 Å². The van der Waals surface area contributed by atoms with E-state index in [4.69, 9.17) is 4.42 Å². The fourth-order valence-corrected chi connectivity index (χ4v) is 2.72. The summed E-state index contributed by atoms with van der Waals surface area (Å²) in [5.41, 5.74) is 0. The first-order chi connectivity index (χ1) is 11.8. The molecule has 0 atom stereocenters. The molecule has 3 N–H and O–H groups in total. The lowest BCUT2D eigenvalue weighted by Gasteiger charge is -2.12. The molecule has 1 heterocycles. The Morgan fingerprint density at radius 2 is 1.79 bits per heavy atom. The van der Waals surface area contributed by atoms with Crippen LogP contribution in [0.25, 0.3) is 0 Å². The van der Waals surface area contributed by atoms with Crippen LogP contribution in [0.3, 0.4) is 0 Å². The lowest BCUT2D eigenvalue weighted by Crippen LogP contribution is -2.42. The molecular formula is C17H22N4O2S. The van der Waals surface area contributed by atoms with E-state index in [0.29, 0.717) is 18.8 Å². The van der Waals surface area contributed by atoms with Crippen molar-refractivity contribution in [3.8, 4) is 0 Å². The van der Waals surface area contributed by atoms with E-state index in [2.05, 4.69) is 33.1 Å². The first-order valence-corrected chi connectivity index (χ1v) is 8.72. The second-order valence-electron chi connectivity index (χ2n) is 4.82. The quantitative estimate of drug-likeness (QED) is 0.295. The first-order valence-electron chi connectivity index (χ1n) is 7.73. The van der Waals surface area contributed by atoms with Crippen molar-refractivity contribution in [2.45, 2.75) is 4.90 Å². The van der Waals surface area contributed by atoms with Crippen LogP contribution < -0.4 is 16.0 Å². The lowest BCUT2D eigenvalue weighted by atomic mass is 10.4. The maximum atomic E-state index is 11.7. The summed E-state index contributed by atoms with van der Waals surface area (Å²) >= 11 is 1.79. The third kappa shape index (κ3) is 6.37. The summed E-state index contributed by atoms with van der Waals surface area (Å²) in [7, 11) is 1.72. The molecule has 0 radical (unpaired) electrons. The second kappa shape index (κ2) is 10.4. The largest absolute Gasteiger partial charge is 0.459 e. The number of carbonyl (C=O) groups excluding carboxylic acids is 1. The summed E-state index contributed by atoms with van der Waals surface area (Å²) in [6.45, 7) is 1.87. The Morgan fingerprint density at radius 3 is 2.50 bits per heavy atom. The van der Waals surface area contributed by atoms with Crippen molar-refractivity contribution >= 4 is 23.6 Å². The molecule has 0 aliphatic heterocycles. The minimum atomic E-state index is -0.219. The van der Waals surface area contributed by atoms with Gasteiger partial charge in [0.15, 0.2) is 11.7 Å². The smallest absolute Gasteiger partial charge is 0.287 e. The molecule has 0 aliphatic rings. The van der Waals surface area contributed by atoms with E-state index in [1.807, 2.05) is 18.2 Å². The molecule has 0 aliphatic carbocycles. The van der Waals surface area contributed by atoms with Gasteiger partial charge in [0.1, 0.15) is 0 Å². The predicted octanol–water partition coefficient (Wildman–Crippen LogP) is 1.97. The monoisotopic (exact) mass is 346 g/mol. The average Bonchev–Trinajstić information content (AvgIpc) is 3.16. The van der Waals surface area contributed by atoms with E-state index in [1.165, 1.54) is 11.2 Å². The highest BCUT2D eigenvalue weighted by Crippen LogP contribution is 2.15. The lowest BCUT2D eigenvalue weighted by molar-refractivity contribution is 0.0926. The number of benzene rings is 1. The SMILES string of the molecule is CN=C(NCCNC(=O)c1ccco1)NCCSc1ccccc1. The number of aliphatic imine (C=N–C) groups is 1. The molecular weight excluding hydrogens is 324 g/mol. The maximum Gasteiger partial charge on any atom is 0.287 e.